The summed E-state index contributed by atoms with van der Waals surface area (Å²) in [4.78, 5) is 27.8. The van der Waals surface area contributed by atoms with Crippen LogP contribution in [-0.4, -0.2) is 25.8 Å². The average Bonchev–Trinajstić information content (AvgIpc) is 3.09. The molecule has 0 atom stereocenters. The summed E-state index contributed by atoms with van der Waals surface area (Å²) in [5, 5.41) is 6.50. The number of imidazole rings is 1. The highest BCUT2D eigenvalue weighted by Crippen LogP contribution is 2.32. The van der Waals surface area contributed by atoms with Gasteiger partial charge in [-0.25, -0.2) is 19.3 Å². The first-order valence-electron chi connectivity index (χ1n) is 8.41. The molecule has 0 bridgehead atoms. The third-order valence-electron chi connectivity index (χ3n) is 4.10. The minimum Gasteiger partial charge on any atom is -0.324 e. The van der Waals surface area contributed by atoms with Crippen LogP contribution >= 0.6 is 23.2 Å². The number of carbonyl (C=O) groups is 1. The standard InChI is InChI=1S/C19H13Cl2FN6O/c1-9-5-16(24-7-12(9)22)27-18(29)14-6-13-15(8-23-14)26-19(25-13)28-17-10(20)3-2-4-11(17)21/h2-8H,1H3,(H,24,27,29)(H2,25,26,28). The summed E-state index contributed by atoms with van der Waals surface area (Å²) in [6.45, 7) is 1.58. The van der Waals surface area contributed by atoms with Crippen molar-refractivity contribution < 1.29 is 9.18 Å². The first kappa shape index (κ1) is 19.1. The normalized spacial score (nSPS) is 10.9. The lowest BCUT2D eigenvalue weighted by atomic mass is 10.2. The van der Waals surface area contributed by atoms with Crippen molar-refractivity contribution in [2.24, 2.45) is 0 Å². The first-order chi connectivity index (χ1) is 13.9. The zero-order valence-corrected chi connectivity index (χ0v) is 16.4. The lowest BCUT2D eigenvalue weighted by molar-refractivity contribution is 0.102. The number of nitrogens with one attached hydrogen (secondary N) is 3. The largest absolute Gasteiger partial charge is 0.324 e. The van der Waals surface area contributed by atoms with Gasteiger partial charge in [-0.2, -0.15) is 0 Å². The lowest BCUT2D eigenvalue weighted by Crippen LogP contribution is -2.14. The second kappa shape index (κ2) is 7.65. The predicted octanol–water partition coefficient (Wildman–Crippen LogP) is 5.10. The Hall–Kier alpha value is -3.23. The van der Waals surface area contributed by atoms with Crippen LogP contribution in [-0.2, 0) is 0 Å². The van der Waals surface area contributed by atoms with Gasteiger partial charge in [-0.05, 0) is 36.8 Å². The van der Waals surface area contributed by atoms with E-state index in [2.05, 4.69) is 30.6 Å². The molecule has 0 aliphatic carbocycles. The Balaban J connectivity index is 1.58. The summed E-state index contributed by atoms with van der Waals surface area (Å²) < 4.78 is 13.3. The van der Waals surface area contributed by atoms with Gasteiger partial charge in [0.05, 0.1) is 33.6 Å². The van der Waals surface area contributed by atoms with Crippen LogP contribution in [0.15, 0.2) is 42.7 Å². The zero-order chi connectivity index (χ0) is 20.5. The minimum absolute atomic E-state index is 0.146. The molecule has 0 aliphatic rings. The van der Waals surface area contributed by atoms with Crippen molar-refractivity contribution in [3.8, 4) is 0 Å². The number of benzene rings is 1. The number of hydrogen-bond acceptors (Lipinski definition) is 5. The smallest absolute Gasteiger partial charge is 0.275 e. The molecule has 3 heterocycles. The van der Waals surface area contributed by atoms with Crippen LogP contribution in [0.4, 0.5) is 21.8 Å². The van der Waals surface area contributed by atoms with Gasteiger partial charge in [0, 0.05) is 0 Å². The van der Waals surface area contributed by atoms with Crippen LogP contribution in [0.5, 0.6) is 0 Å². The Labute approximate surface area is 174 Å². The fourth-order valence-corrected chi connectivity index (χ4v) is 3.11. The number of fused-ring (bicyclic) bond motifs is 1. The number of nitrogens with zero attached hydrogens (tertiary/aromatic N) is 3. The predicted molar refractivity (Wildman–Crippen MR) is 111 cm³/mol. The fourth-order valence-electron chi connectivity index (χ4n) is 2.62. The molecule has 0 fully saturated rings. The molecule has 29 heavy (non-hydrogen) atoms. The highest BCUT2D eigenvalue weighted by molar-refractivity contribution is 6.39. The number of amides is 1. The van der Waals surface area contributed by atoms with Gasteiger partial charge in [-0.15, -0.1) is 0 Å². The van der Waals surface area contributed by atoms with Gasteiger partial charge in [0.1, 0.15) is 22.8 Å². The average molecular weight is 431 g/mol. The van der Waals surface area contributed by atoms with Crippen molar-refractivity contribution in [2.45, 2.75) is 6.92 Å². The molecule has 0 radical (unpaired) electrons. The molecule has 0 aliphatic heterocycles. The van der Waals surface area contributed by atoms with Gasteiger partial charge >= 0.3 is 0 Å². The molecular weight excluding hydrogens is 418 g/mol. The maximum atomic E-state index is 13.3. The zero-order valence-electron chi connectivity index (χ0n) is 14.9. The summed E-state index contributed by atoms with van der Waals surface area (Å²) in [5.41, 5.74) is 2.16. The molecule has 4 aromatic rings. The number of aromatic nitrogens is 4. The number of aryl methyl sites for hydroxylation is 1. The Bertz CT molecular complexity index is 1220. The molecule has 3 N–H and O–H groups in total. The number of hydrogen-bond donors (Lipinski definition) is 3. The molecule has 0 unspecified atom stereocenters. The van der Waals surface area contributed by atoms with E-state index in [-0.39, 0.29) is 11.5 Å². The van der Waals surface area contributed by atoms with E-state index >= 15 is 0 Å². The summed E-state index contributed by atoms with van der Waals surface area (Å²) in [7, 11) is 0. The molecule has 7 nitrogen and oxygen atoms in total. The van der Waals surface area contributed by atoms with Crippen molar-refractivity contribution in [2.75, 3.05) is 10.6 Å². The van der Waals surface area contributed by atoms with Crippen LogP contribution in [0.1, 0.15) is 16.1 Å². The van der Waals surface area contributed by atoms with Crippen LogP contribution in [0.3, 0.4) is 0 Å². The van der Waals surface area contributed by atoms with Crippen molar-refractivity contribution >= 4 is 57.6 Å². The molecule has 146 valence electrons. The minimum atomic E-state index is -0.483. The number of carbonyl (C=O) groups excluding carboxylic acids is 1. The summed E-state index contributed by atoms with van der Waals surface area (Å²) in [5.74, 6) is -0.302. The number of H-pyrrole nitrogens is 1. The highest BCUT2D eigenvalue weighted by atomic mass is 35.5. The third kappa shape index (κ3) is 3.98. The fraction of sp³-hybridized carbons (Fsp3) is 0.0526. The van der Waals surface area contributed by atoms with Gasteiger partial charge in [0.25, 0.3) is 5.91 Å². The van der Waals surface area contributed by atoms with E-state index in [1.807, 2.05) is 0 Å². The Morgan fingerprint density at radius 3 is 2.62 bits per heavy atom. The molecule has 3 aromatic heterocycles. The number of anilines is 3. The van der Waals surface area contributed by atoms with Gasteiger partial charge in [0.15, 0.2) is 0 Å². The molecule has 0 saturated carbocycles. The molecule has 1 amide bonds. The Kier molecular flexibility index (Phi) is 5.04. The molecule has 4 rings (SSSR count). The number of para-hydroxylation sites is 1. The second-order valence-electron chi connectivity index (χ2n) is 6.17. The first-order valence-corrected chi connectivity index (χ1v) is 9.16. The maximum Gasteiger partial charge on any atom is 0.275 e. The second-order valence-corrected chi connectivity index (χ2v) is 6.98. The van der Waals surface area contributed by atoms with Crippen LogP contribution in [0.2, 0.25) is 10.0 Å². The van der Waals surface area contributed by atoms with Crippen LogP contribution < -0.4 is 10.6 Å². The van der Waals surface area contributed by atoms with E-state index in [0.717, 1.165) is 6.20 Å². The van der Waals surface area contributed by atoms with Crippen molar-refractivity contribution in [1.82, 2.24) is 19.9 Å². The lowest BCUT2D eigenvalue weighted by Gasteiger charge is -2.06. The molecule has 0 spiro atoms. The Morgan fingerprint density at radius 2 is 1.90 bits per heavy atom. The number of halogens is 3. The van der Waals surface area contributed by atoms with E-state index in [1.54, 1.807) is 31.2 Å². The number of pyridine rings is 2. The summed E-state index contributed by atoms with van der Waals surface area (Å²) in [6, 6.07) is 8.13. The molecule has 10 heteroatoms. The quantitative estimate of drug-likeness (QED) is 0.418. The topological polar surface area (TPSA) is 95.6 Å². The summed E-state index contributed by atoms with van der Waals surface area (Å²) in [6.07, 6.45) is 2.51. The van der Waals surface area contributed by atoms with E-state index in [4.69, 9.17) is 23.2 Å². The molecular formula is C19H13Cl2FN6O. The van der Waals surface area contributed by atoms with E-state index in [9.17, 15) is 9.18 Å². The number of rotatable bonds is 4. The van der Waals surface area contributed by atoms with Crippen LogP contribution in [0.25, 0.3) is 11.0 Å². The van der Waals surface area contributed by atoms with E-state index in [1.165, 1.54) is 12.3 Å². The van der Waals surface area contributed by atoms with Crippen molar-refractivity contribution in [1.29, 1.82) is 0 Å². The van der Waals surface area contributed by atoms with Gasteiger partial charge in [0.2, 0.25) is 5.95 Å². The monoisotopic (exact) mass is 430 g/mol. The number of aromatic amines is 1. The van der Waals surface area contributed by atoms with Gasteiger partial charge < -0.3 is 15.6 Å². The van der Waals surface area contributed by atoms with E-state index < -0.39 is 11.7 Å². The highest BCUT2D eigenvalue weighted by Gasteiger charge is 2.13. The van der Waals surface area contributed by atoms with Crippen LogP contribution in [0, 0.1) is 12.7 Å². The van der Waals surface area contributed by atoms with Crippen molar-refractivity contribution in [3.05, 3.63) is 69.8 Å². The third-order valence-corrected chi connectivity index (χ3v) is 4.73. The van der Waals surface area contributed by atoms with Gasteiger partial charge in [-0.3, -0.25) is 4.79 Å². The molecule has 1 aromatic carbocycles. The molecule has 0 saturated heterocycles. The summed E-state index contributed by atoms with van der Waals surface area (Å²) >= 11 is 12.3. The van der Waals surface area contributed by atoms with E-state index in [0.29, 0.717) is 38.3 Å². The van der Waals surface area contributed by atoms with Gasteiger partial charge in [-0.1, -0.05) is 29.3 Å². The van der Waals surface area contributed by atoms with Crippen molar-refractivity contribution in [3.63, 3.8) is 0 Å². The SMILES string of the molecule is Cc1cc(NC(=O)c2cc3[nH]c(Nc4c(Cl)cccc4Cl)nc3cn2)ncc1F. The Morgan fingerprint density at radius 1 is 1.14 bits per heavy atom. The maximum absolute atomic E-state index is 13.3.